The number of benzene rings is 3. The first kappa shape index (κ1) is 47.1. The van der Waals surface area contributed by atoms with E-state index in [2.05, 4.69) is 17.2 Å². The fourth-order valence-electron chi connectivity index (χ4n) is 8.54. The number of hydrogen-bond acceptors (Lipinski definition) is 12. The van der Waals surface area contributed by atoms with Crippen molar-refractivity contribution in [2.45, 2.75) is 109 Å². The highest BCUT2D eigenvalue weighted by atomic mass is 31.2. The number of pyridine rings is 1. The van der Waals surface area contributed by atoms with Gasteiger partial charge < -0.3 is 39.0 Å². The number of nitrogens with one attached hydrogen (secondary N) is 2. The van der Waals surface area contributed by atoms with Gasteiger partial charge in [0.2, 0.25) is 11.8 Å². The van der Waals surface area contributed by atoms with Gasteiger partial charge in [0.1, 0.15) is 41.5 Å². The number of hydrogen-bond donors (Lipinski definition) is 2. The molecule has 346 valence electrons. The van der Waals surface area contributed by atoms with Gasteiger partial charge >= 0.3 is 19.7 Å². The van der Waals surface area contributed by atoms with Crippen LogP contribution in [0.2, 0.25) is 0 Å². The number of carbonyl (C=O) groups excluding carboxylic acids is 4. The van der Waals surface area contributed by atoms with E-state index in [-0.39, 0.29) is 37.8 Å². The monoisotopic (exact) mass is 910 g/mol. The lowest BCUT2D eigenvalue weighted by molar-refractivity contribution is -0.150. The summed E-state index contributed by atoms with van der Waals surface area (Å²) >= 11 is 0. The van der Waals surface area contributed by atoms with Crippen LogP contribution < -0.4 is 24.6 Å². The van der Waals surface area contributed by atoms with E-state index < -0.39 is 72.4 Å². The van der Waals surface area contributed by atoms with Crippen molar-refractivity contribution < 1.29 is 51.7 Å². The molecule has 4 aromatic rings. The number of esters is 1. The van der Waals surface area contributed by atoms with Crippen LogP contribution in [0.15, 0.2) is 97.6 Å². The van der Waals surface area contributed by atoms with Crippen molar-refractivity contribution in [1.82, 2.24) is 20.5 Å². The first-order valence-corrected chi connectivity index (χ1v) is 23.7. The maximum Gasteiger partial charge on any atom is 0.408 e. The quantitative estimate of drug-likeness (QED) is 0.0586. The highest BCUT2D eigenvalue weighted by Crippen LogP contribution is 2.72. The smallest absolute Gasteiger partial charge is 0.408 e. The normalized spacial score (nSPS) is 22.5. The Morgan fingerprint density at radius 1 is 0.969 bits per heavy atom. The van der Waals surface area contributed by atoms with Gasteiger partial charge in [-0.05, 0) is 75.6 Å². The minimum absolute atomic E-state index is 0.000361. The first-order chi connectivity index (χ1) is 31.1. The summed E-state index contributed by atoms with van der Waals surface area (Å²) in [4.78, 5) is 62.8. The summed E-state index contributed by atoms with van der Waals surface area (Å²) in [7, 11) is -2.95. The first-order valence-electron chi connectivity index (χ1n) is 22.2. The summed E-state index contributed by atoms with van der Waals surface area (Å²) < 4.78 is 50.8. The Hall–Kier alpha value is -5.92. The van der Waals surface area contributed by atoms with E-state index in [1.165, 1.54) is 11.8 Å². The molecule has 2 aliphatic carbocycles. The molecule has 3 aromatic carbocycles. The molecular formula is C49H59N4O11P. The van der Waals surface area contributed by atoms with E-state index in [0.717, 1.165) is 31.2 Å². The van der Waals surface area contributed by atoms with E-state index in [1.807, 2.05) is 69.3 Å². The van der Waals surface area contributed by atoms with E-state index in [9.17, 15) is 9.59 Å². The lowest BCUT2D eigenvalue weighted by atomic mass is 9.85. The molecule has 16 heteroatoms. The summed E-state index contributed by atoms with van der Waals surface area (Å²) in [6, 6.07) is 22.9. The highest BCUT2D eigenvalue weighted by Gasteiger charge is 2.70. The highest BCUT2D eigenvalue weighted by molar-refractivity contribution is 7.56. The Balaban J connectivity index is 1.25. The second-order valence-electron chi connectivity index (χ2n) is 17.9. The molecule has 1 aromatic heterocycles. The Kier molecular flexibility index (Phi) is 14.2. The molecule has 3 fully saturated rings. The van der Waals surface area contributed by atoms with E-state index in [1.54, 1.807) is 56.5 Å². The SMILES string of the molecule is C=C[C@@H]1C[C@]1(NC(=O)[C@@H]1C[C@@H](Oc2cc(-c3ccccc3)nc3cc(OC)ccc23)CN1C(=O)[C@@H](NC(=O)OC1CCCC1)C(C)(C)C)P(=O)(Oc1ccccc1)O[C@@H](C)C(=O)OCC. The summed E-state index contributed by atoms with van der Waals surface area (Å²) in [5, 5.41) is 4.82. The van der Waals surface area contributed by atoms with E-state index in [4.69, 9.17) is 33.0 Å². The van der Waals surface area contributed by atoms with Crippen molar-refractivity contribution in [3.8, 4) is 28.5 Å². The van der Waals surface area contributed by atoms with Crippen LogP contribution in [0, 0.1) is 11.3 Å². The molecule has 2 heterocycles. The predicted molar refractivity (Wildman–Crippen MR) is 244 cm³/mol. The molecule has 1 aliphatic heterocycles. The number of alkyl carbamates (subject to hydrolysis) is 1. The number of ether oxygens (including phenoxy) is 4. The number of rotatable bonds is 17. The van der Waals surface area contributed by atoms with Gasteiger partial charge in [0.15, 0.2) is 11.4 Å². The third-order valence-electron chi connectivity index (χ3n) is 12.1. The minimum atomic E-state index is -4.52. The molecule has 2 saturated carbocycles. The number of likely N-dealkylation sites (tertiary alicyclic amines) is 1. The van der Waals surface area contributed by atoms with Crippen molar-refractivity contribution >= 4 is 42.4 Å². The lowest BCUT2D eigenvalue weighted by Crippen LogP contribution is -2.58. The molecule has 65 heavy (non-hydrogen) atoms. The molecule has 1 unspecified atom stereocenters. The molecule has 0 radical (unpaired) electrons. The Bertz CT molecular complexity index is 2420. The molecule has 0 spiro atoms. The zero-order valence-electron chi connectivity index (χ0n) is 37.8. The number of aromatic nitrogens is 1. The summed E-state index contributed by atoms with van der Waals surface area (Å²) in [5.41, 5.74) is 1.26. The zero-order chi connectivity index (χ0) is 46.5. The van der Waals surface area contributed by atoms with Gasteiger partial charge in [-0.25, -0.2) is 19.1 Å². The van der Waals surface area contributed by atoms with Crippen LogP contribution in [0.1, 0.15) is 73.1 Å². The van der Waals surface area contributed by atoms with Crippen molar-refractivity contribution in [1.29, 1.82) is 0 Å². The second-order valence-corrected chi connectivity index (χ2v) is 20.0. The number of carbonyl (C=O) groups is 4. The predicted octanol–water partition coefficient (Wildman–Crippen LogP) is 8.60. The lowest BCUT2D eigenvalue weighted by Gasteiger charge is -2.36. The fourth-order valence-corrected chi connectivity index (χ4v) is 11.0. The van der Waals surface area contributed by atoms with E-state index >= 15 is 14.2 Å². The Morgan fingerprint density at radius 3 is 2.29 bits per heavy atom. The van der Waals surface area contributed by atoms with E-state index in [0.29, 0.717) is 28.1 Å². The molecule has 7 rings (SSSR count). The average molecular weight is 911 g/mol. The van der Waals surface area contributed by atoms with Crippen LogP contribution >= 0.6 is 7.60 Å². The van der Waals surface area contributed by atoms with Gasteiger partial charge in [-0.1, -0.05) is 75.4 Å². The molecule has 2 N–H and O–H groups in total. The van der Waals surface area contributed by atoms with Crippen LogP contribution in [0.25, 0.3) is 22.2 Å². The van der Waals surface area contributed by atoms with Crippen molar-refractivity contribution in [3.63, 3.8) is 0 Å². The van der Waals surface area contributed by atoms with Crippen LogP contribution in [0.3, 0.4) is 0 Å². The zero-order valence-corrected chi connectivity index (χ0v) is 38.7. The Morgan fingerprint density at radius 2 is 1.66 bits per heavy atom. The largest absolute Gasteiger partial charge is 0.497 e. The molecule has 7 atom stereocenters. The van der Waals surface area contributed by atoms with Crippen molar-refractivity contribution in [2.75, 3.05) is 20.3 Å². The molecule has 3 aliphatic rings. The average Bonchev–Trinajstić information content (AvgIpc) is 3.53. The number of nitrogens with zero attached hydrogens (tertiary/aromatic N) is 2. The van der Waals surface area contributed by atoms with Gasteiger partial charge in [0.05, 0.1) is 31.5 Å². The summed E-state index contributed by atoms with van der Waals surface area (Å²) in [6.45, 7) is 12.4. The topological polar surface area (TPSA) is 181 Å². The fraction of sp³-hybridized carbons (Fsp3) is 0.449. The van der Waals surface area contributed by atoms with Crippen LogP contribution in [0.4, 0.5) is 4.79 Å². The van der Waals surface area contributed by atoms with Gasteiger partial charge in [-0.2, -0.15) is 0 Å². The van der Waals surface area contributed by atoms with Gasteiger partial charge in [-0.15, -0.1) is 6.58 Å². The minimum Gasteiger partial charge on any atom is -0.497 e. The van der Waals surface area contributed by atoms with Crippen molar-refractivity contribution in [3.05, 3.63) is 97.6 Å². The molecule has 15 nitrogen and oxygen atoms in total. The standard InChI is InChI=1S/C49H59N4O11P/c1-8-33-29-49(33,65(58,63-31(3)46(56)60-9-2)64-35-22-14-11-15-23-35)52-44(54)41-27-37(30-53(41)45(55)43(48(4,5)6)51-47(57)62-34-20-16-17-21-34)61-42-28-39(32-18-12-10-13-19-32)50-40-26-36(59-7)24-25-38(40)42/h8,10-15,18-19,22-26,28,31,33-34,37,41,43H,1,9,16-17,20-21,27,29-30H2,2-7H3,(H,51,57)(H,52,54)/t31-,33+,37+,41-,43+,49-,65?/m0/s1. The maximum absolute atomic E-state index is 15.4. The third kappa shape index (κ3) is 10.5. The molecular weight excluding hydrogens is 852 g/mol. The summed E-state index contributed by atoms with van der Waals surface area (Å²) in [6.07, 6.45) is 1.95. The summed E-state index contributed by atoms with van der Waals surface area (Å²) in [5.74, 6) is -1.34. The van der Waals surface area contributed by atoms with Gasteiger partial charge in [-0.3, -0.25) is 14.1 Å². The number of para-hydroxylation sites is 1. The second kappa shape index (κ2) is 19.7. The van der Waals surface area contributed by atoms with Gasteiger partial charge in [0.25, 0.3) is 0 Å². The third-order valence-corrected chi connectivity index (χ3v) is 14.8. The molecule has 0 bridgehead atoms. The van der Waals surface area contributed by atoms with Crippen LogP contribution in [-0.2, 0) is 32.9 Å². The molecule has 1 saturated heterocycles. The van der Waals surface area contributed by atoms with Crippen LogP contribution in [-0.4, -0.2) is 89.7 Å². The number of methoxy groups -OCH3 is 1. The Labute approximate surface area is 380 Å². The molecule has 3 amide bonds. The van der Waals surface area contributed by atoms with Crippen molar-refractivity contribution in [2.24, 2.45) is 11.3 Å². The van der Waals surface area contributed by atoms with Crippen LogP contribution in [0.5, 0.6) is 17.2 Å². The van der Waals surface area contributed by atoms with Gasteiger partial charge in [0, 0.05) is 35.4 Å². The number of fused-ring (bicyclic) bond motifs is 1. The maximum atomic E-state index is 15.4. The number of amides is 3.